The topological polar surface area (TPSA) is 79.3 Å². The maximum absolute atomic E-state index is 12.2. The Balaban J connectivity index is 2.19. The molecule has 5 nitrogen and oxygen atoms in total. The largest absolute Gasteiger partial charge is 0.478 e. The minimum Gasteiger partial charge on any atom is -0.478 e. The highest BCUT2D eigenvalue weighted by Crippen LogP contribution is 2.38. The number of aromatic carboxylic acids is 1. The number of rotatable bonds is 3. The minimum atomic E-state index is -1.07. The molecule has 0 aliphatic heterocycles. The number of nitrogens with zero attached hydrogens (tertiary/aromatic N) is 1. The second-order valence-electron chi connectivity index (χ2n) is 4.95. The molecule has 1 heterocycles. The molecule has 1 saturated carbocycles. The Kier molecular flexibility index (Phi) is 3.32. The number of pyridine rings is 1. The van der Waals surface area contributed by atoms with E-state index in [1.165, 1.54) is 18.5 Å². The van der Waals surface area contributed by atoms with Gasteiger partial charge in [0.1, 0.15) is 0 Å². The van der Waals surface area contributed by atoms with E-state index < -0.39 is 5.97 Å². The van der Waals surface area contributed by atoms with E-state index in [0.717, 1.165) is 25.7 Å². The third-order valence-corrected chi connectivity index (χ3v) is 3.55. The minimum absolute atomic E-state index is 0.0694. The van der Waals surface area contributed by atoms with Gasteiger partial charge in [-0.3, -0.25) is 9.78 Å². The molecule has 1 aliphatic carbocycles. The van der Waals surface area contributed by atoms with Gasteiger partial charge in [0.05, 0.1) is 17.4 Å². The van der Waals surface area contributed by atoms with Gasteiger partial charge >= 0.3 is 5.97 Å². The molecule has 0 bridgehead atoms. The SMILES string of the molecule is CC1(C(=O)Nc2cnccc2C(=O)O)CCCC1. The van der Waals surface area contributed by atoms with E-state index in [0.29, 0.717) is 0 Å². The summed E-state index contributed by atoms with van der Waals surface area (Å²) in [6, 6.07) is 1.38. The predicted octanol–water partition coefficient (Wildman–Crippen LogP) is 2.30. The summed E-state index contributed by atoms with van der Waals surface area (Å²) in [6.07, 6.45) is 6.56. The summed E-state index contributed by atoms with van der Waals surface area (Å²) in [5.74, 6) is -1.18. The monoisotopic (exact) mass is 248 g/mol. The molecule has 1 fully saturated rings. The fraction of sp³-hybridized carbons (Fsp3) is 0.462. The fourth-order valence-electron chi connectivity index (χ4n) is 2.34. The van der Waals surface area contributed by atoms with Gasteiger partial charge < -0.3 is 10.4 Å². The summed E-state index contributed by atoms with van der Waals surface area (Å²) in [7, 11) is 0. The van der Waals surface area contributed by atoms with Gasteiger partial charge in [-0.2, -0.15) is 0 Å². The molecule has 5 heteroatoms. The summed E-state index contributed by atoms with van der Waals surface area (Å²) in [4.78, 5) is 27.1. The van der Waals surface area contributed by atoms with Gasteiger partial charge in [-0.25, -0.2) is 4.79 Å². The Labute approximate surface area is 105 Å². The summed E-state index contributed by atoms with van der Waals surface area (Å²) >= 11 is 0. The zero-order chi connectivity index (χ0) is 13.2. The van der Waals surface area contributed by atoms with Crippen LogP contribution in [0.5, 0.6) is 0 Å². The Morgan fingerprint density at radius 1 is 1.39 bits per heavy atom. The molecule has 0 aromatic carbocycles. The van der Waals surface area contributed by atoms with Crippen LogP contribution in [0.4, 0.5) is 5.69 Å². The van der Waals surface area contributed by atoms with Gasteiger partial charge in [-0.05, 0) is 18.9 Å². The first-order valence-corrected chi connectivity index (χ1v) is 6.02. The summed E-state index contributed by atoms with van der Waals surface area (Å²) in [5, 5.41) is 11.7. The first-order valence-electron chi connectivity index (χ1n) is 6.02. The number of amides is 1. The van der Waals surface area contributed by atoms with Crippen molar-refractivity contribution < 1.29 is 14.7 Å². The van der Waals surface area contributed by atoms with Crippen molar-refractivity contribution >= 4 is 17.6 Å². The van der Waals surface area contributed by atoms with E-state index in [1.54, 1.807) is 0 Å². The van der Waals surface area contributed by atoms with Crippen LogP contribution in [0.15, 0.2) is 18.5 Å². The van der Waals surface area contributed by atoms with Gasteiger partial charge in [0.25, 0.3) is 0 Å². The van der Waals surface area contributed by atoms with E-state index in [4.69, 9.17) is 5.11 Å². The number of carboxylic acid groups (broad SMARTS) is 1. The maximum atomic E-state index is 12.2. The van der Waals surface area contributed by atoms with E-state index >= 15 is 0 Å². The van der Waals surface area contributed by atoms with Crippen LogP contribution in [0.3, 0.4) is 0 Å². The van der Waals surface area contributed by atoms with Crippen LogP contribution in [0.1, 0.15) is 43.0 Å². The highest BCUT2D eigenvalue weighted by molar-refractivity contribution is 6.02. The van der Waals surface area contributed by atoms with E-state index in [2.05, 4.69) is 10.3 Å². The quantitative estimate of drug-likeness (QED) is 0.860. The van der Waals surface area contributed by atoms with Crippen LogP contribution in [-0.4, -0.2) is 22.0 Å². The first-order chi connectivity index (χ1) is 8.53. The van der Waals surface area contributed by atoms with Crippen LogP contribution in [0.25, 0.3) is 0 Å². The highest BCUT2D eigenvalue weighted by atomic mass is 16.4. The van der Waals surface area contributed by atoms with Gasteiger partial charge in [0.15, 0.2) is 0 Å². The van der Waals surface area contributed by atoms with Crippen molar-refractivity contribution in [3.8, 4) is 0 Å². The normalized spacial score (nSPS) is 17.4. The lowest BCUT2D eigenvalue weighted by Gasteiger charge is -2.22. The van der Waals surface area contributed by atoms with Gasteiger partial charge in [-0.15, -0.1) is 0 Å². The second-order valence-corrected chi connectivity index (χ2v) is 4.95. The molecule has 96 valence electrons. The number of nitrogens with one attached hydrogen (secondary N) is 1. The van der Waals surface area contributed by atoms with Crippen molar-refractivity contribution in [1.82, 2.24) is 4.98 Å². The van der Waals surface area contributed by atoms with Crippen LogP contribution in [-0.2, 0) is 4.79 Å². The molecular weight excluding hydrogens is 232 g/mol. The lowest BCUT2D eigenvalue weighted by Crippen LogP contribution is -2.31. The number of carboxylic acids is 1. The van der Waals surface area contributed by atoms with E-state index in [9.17, 15) is 9.59 Å². The van der Waals surface area contributed by atoms with Crippen LogP contribution >= 0.6 is 0 Å². The number of hydrogen-bond acceptors (Lipinski definition) is 3. The lowest BCUT2D eigenvalue weighted by molar-refractivity contribution is -0.124. The molecule has 1 amide bonds. The summed E-state index contributed by atoms with van der Waals surface area (Å²) in [5.41, 5.74) is -0.0471. The van der Waals surface area contributed by atoms with Crippen LogP contribution in [0.2, 0.25) is 0 Å². The third-order valence-electron chi connectivity index (χ3n) is 3.55. The lowest BCUT2D eigenvalue weighted by atomic mass is 9.88. The van der Waals surface area contributed by atoms with Gasteiger partial charge in [-0.1, -0.05) is 19.8 Å². The van der Waals surface area contributed by atoms with Gasteiger partial charge in [0, 0.05) is 11.6 Å². The molecule has 0 unspecified atom stereocenters. The Morgan fingerprint density at radius 3 is 2.67 bits per heavy atom. The molecule has 1 aromatic rings. The molecule has 1 aliphatic rings. The van der Waals surface area contributed by atoms with Crippen molar-refractivity contribution in [3.05, 3.63) is 24.0 Å². The smallest absolute Gasteiger partial charge is 0.337 e. The number of anilines is 1. The van der Waals surface area contributed by atoms with Crippen molar-refractivity contribution in [1.29, 1.82) is 0 Å². The average Bonchev–Trinajstić information content (AvgIpc) is 2.78. The Morgan fingerprint density at radius 2 is 2.06 bits per heavy atom. The average molecular weight is 248 g/mol. The number of carbonyl (C=O) groups excluding carboxylic acids is 1. The van der Waals surface area contributed by atoms with Gasteiger partial charge in [0.2, 0.25) is 5.91 Å². The molecule has 1 aromatic heterocycles. The third kappa shape index (κ3) is 2.34. The predicted molar refractivity (Wildman–Crippen MR) is 66.4 cm³/mol. The van der Waals surface area contributed by atoms with Crippen LogP contribution in [0, 0.1) is 5.41 Å². The van der Waals surface area contributed by atoms with E-state index in [-0.39, 0.29) is 22.6 Å². The van der Waals surface area contributed by atoms with E-state index in [1.807, 2.05) is 6.92 Å². The second kappa shape index (κ2) is 4.76. The fourth-order valence-corrected chi connectivity index (χ4v) is 2.34. The summed E-state index contributed by atoms with van der Waals surface area (Å²) < 4.78 is 0. The van der Waals surface area contributed by atoms with Crippen molar-refractivity contribution in [2.45, 2.75) is 32.6 Å². The molecule has 2 N–H and O–H groups in total. The molecule has 18 heavy (non-hydrogen) atoms. The molecule has 0 spiro atoms. The summed E-state index contributed by atoms with van der Waals surface area (Å²) in [6.45, 7) is 1.92. The van der Waals surface area contributed by atoms with Crippen molar-refractivity contribution in [2.24, 2.45) is 5.41 Å². The molecular formula is C13H16N2O3. The molecule has 0 radical (unpaired) electrons. The van der Waals surface area contributed by atoms with Crippen molar-refractivity contribution in [3.63, 3.8) is 0 Å². The number of aromatic nitrogens is 1. The highest BCUT2D eigenvalue weighted by Gasteiger charge is 2.36. The standard InChI is InChI=1S/C13H16N2O3/c1-13(5-2-3-6-13)12(18)15-10-8-14-7-4-9(10)11(16)17/h4,7-8H,2-3,5-6H2,1H3,(H,15,18)(H,16,17). The zero-order valence-corrected chi connectivity index (χ0v) is 10.3. The maximum Gasteiger partial charge on any atom is 0.337 e. The van der Waals surface area contributed by atoms with Crippen molar-refractivity contribution in [2.75, 3.05) is 5.32 Å². The molecule has 0 atom stereocenters. The molecule has 0 saturated heterocycles. The first kappa shape index (κ1) is 12.5. The Bertz CT molecular complexity index is 479. The van der Waals surface area contributed by atoms with Crippen LogP contribution < -0.4 is 5.32 Å². The molecule has 2 rings (SSSR count). The number of hydrogen-bond donors (Lipinski definition) is 2. The number of carbonyl (C=O) groups is 2. The zero-order valence-electron chi connectivity index (χ0n) is 10.3. The Hall–Kier alpha value is -1.91.